The lowest BCUT2D eigenvalue weighted by molar-refractivity contribution is -0.0295. The fourth-order valence-corrected chi connectivity index (χ4v) is 4.12. The molecule has 0 saturated carbocycles. The fraction of sp³-hybridized carbons (Fsp3) is 0.385. The van der Waals surface area contributed by atoms with Crippen LogP contribution in [0.2, 0.25) is 0 Å². The third kappa shape index (κ3) is 5.80. The summed E-state index contributed by atoms with van der Waals surface area (Å²) in [6, 6.07) is 17.4. The van der Waals surface area contributed by atoms with E-state index in [1.54, 1.807) is 18.0 Å². The predicted octanol–water partition coefficient (Wildman–Crippen LogP) is 3.63. The number of morpholine rings is 1. The molecule has 1 amide bonds. The van der Waals surface area contributed by atoms with E-state index < -0.39 is 0 Å². The number of nitrogens with one attached hydrogen (secondary N) is 1. The number of hydrogen-bond acceptors (Lipinski definition) is 5. The molecule has 1 N–H and O–H groups in total. The van der Waals surface area contributed by atoms with Gasteiger partial charge in [-0.25, -0.2) is 4.68 Å². The molecule has 2 aromatic carbocycles. The van der Waals surface area contributed by atoms with Gasteiger partial charge in [0.1, 0.15) is 11.4 Å². The van der Waals surface area contributed by atoms with Crippen LogP contribution in [-0.4, -0.2) is 66.6 Å². The Morgan fingerprint density at radius 1 is 1.21 bits per heavy atom. The van der Waals surface area contributed by atoms with Gasteiger partial charge in [0, 0.05) is 37.9 Å². The number of benzene rings is 2. The number of aromatic nitrogens is 2. The molecule has 2 heterocycles. The lowest BCUT2D eigenvalue weighted by Crippen LogP contribution is -2.48. The zero-order chi connectivity index (χ0) is 23.2. The maximum atomic E-state index is 13.3. The molecule has 1 aliphatic heterocycles. The average molecular weight is 449 g/mol. The summed E-state index contributed by atoms with van der Waals surface area (Å²) in [5.41, 5.74) is 2.84. The Kier molecular flexibility index (Phi) is 7.42. The molecule has 1 saturated heterocycles. The summed E-state index contributed by atoms with van der Waals surface area (Å²) >= 11 is 0. The van der Waals surface area contributed by atoms with Crippen molar-refractivity contribution in [2.24, 2.45) is 5.92 Å². The highest BCUT2D eigenvalue weighted by Gasteiger charge is 2.24. The summed E-state index contributed by atoms with van der Waals surface area (Å²) in [5, 5.41) is 7.82. The Morgan fingerprint density at radius 2 is 2.03 bits per heavy atom. The molecule has 3 aromatic rings. The maximum Gasteiger partial charge on any atom is 0.255 e. The maximum absolute atomic E-state index is 13.3. The summed E-state index contributed by atoms with van der Waals surface area (Å²) in [6.07, 6.45) is 1.76. The second-order valence-electron chi connectivity index (χ2n) is 8.76. The first-order chi connectivity index (χ1) is 16.0. The largest absolute Gasteiger partial charge is 0.497 e. The van der Waals surface area contributed by atoms with E-state index in [4.69, 9.17) is 14.6 Å². The van der Waals surface area contributed by atoms with E-state index in [0.717, 1.165) is 30.9 Å². The Bertz CT molecular complexity index is 1060. The summed E-state index contributed by atoms with van der Waals surface area (Å²) in [4.78, 5) is 15.7. The van der Waals surface area contributed by atoms with Gasteiger partial charge < -0.3 is 14.8 Å². The molecule has 7 heteroatoms. The van der Waals surface area contributed by atoms with Gasteiger partial charge in [0.25, 0.3) is 5.91 Å². The molecule has 0 radical (unpaired) electrons. The quantitative estimate of drug-likeness (QED) is 0.570. The second kappa shape index (κ2) is 10.6. The molecular formula is C26H32N4O3. The normalized spacial score (nSPS) is 16.7. The van der Waals surface area contributed by atoms with E-state index in [0.29, 0.717) is 36.1 Å². The van der Waals surface area contributed by atoms with Gasteiger partial charge in [-0.15, -0.1) is 0 Å². The average Bonchev–Trinajstić information content (AvgIpc) is 3.29. The highest BCUT2D eigenvalue weighted by atomic mass is 16.5. The zero-order valence-corrected chi connectivity index (χ0v) is 19.5. The van der Waals surface area contributed by atoms with Crippen LogP contribution in [0, 0.1) is 5.92 Å². The van der Waals surface area contributed by atoms with Gasteiger partial charge >= 0.3 is 0 Å². The van der Waals surface area contributed by atoms with Crippen molar-refractivity contribution in [1.29, 1.82) is 0 Å². The molecule has 174 valence electrons. The van der Waals surface area contributed by atoms with Crippen molar-refractivity contribution < 1.29 is 14.3 Å². The lowest BCUT2D eigenvalue weighted by atomic mass is 10.1. The molecule has 0 bridgehead atoms. The number of para-hydroxylation sites is 1. The Labute approximate surface area is 195 Å². The molecule has 0 spiro atoms. The van der Waals surface area contributed by atoms with Crippen molar-refractivity contribution in [3.63, 3.8) is 0 Å². The van der Waals surface area contributed by atoms with Crippen molar-refractivity contribution in [2.75, 3.05) is 39.9 Å². The summed E-state index contributed by atoms with van der Waals surface area (Å²) in [7, 11) is 1.63. The van der Waals surface area contributed by atoms with E-state index in [-0.39, 0.29) is 12.0 Å². The van der Waals surface area contributed by atoms with Gasteiger partial charge in [-0.3, -0.25) is 9.69 Å². The van der Waals surface area contributed by atoms with Crippen LogP contribution in [-0.2, 0) is 4.74 Å². The molecule has 1 unspecified atom stereocenters. The molecule has 7 nitrogen and oxygen atoms in total. The zero-order valence-electron chi connectivity index (χ0n) is 19.5. The first-order valence-electron chi connectivity index (χ1n) is 11.4. The number of rotatable bonds is 8. The minimum absolute atomic E-state index is 0.0223. The molecular weight excluding hydrogens is 416 g/mol. The number of amides is 1. The number of methoxy groups -OCH3 is 1. The number of hydrogen-bond donors (Lipinski definition) is 1. The van der Waals surface area contributed by atoms with Gasteiger partial charge in [-0.2, -0.15) is 5.10 Å². The highest BCUT2D eigenvalue weighted by molar-refractivity contribution is 6.00. The summed E-state index contributed by atoms with van der Waals surface area (Å²) in [5.74, 6) is 1.15. The minimum Gasteiger partial charge on any atom is -0.497 e. The van der Waals surface area contributed by atoms with Crippen LogP contribution >= 0.6 is 0 Å². The monoisotopic (exact) mass is 448 g/mol. The number of carbonyl (C=O) groups excluding carboxylic acids is 1. The van der Waals surface area contributed by atoms with Crippen LogP contribution < -0.4 is 10.1 Å². The van der Waals surface area contributed by atoms with Crippen LogP contribution in [0.3, 0.4) is 0 Å². The third-order valence-corrected chi connectivity index (χ3v) is 5.66. The predicted molar refractivity (Wildman–Crippen MR) is 129 cm³/mol. The van der Waals surface area contributed by atoms with E-state index >= 15 is 0 Å². The topological polar surface area (TPSA) is 68.6 Å². The van der Waals surface area contributed by atoms with Gasteiger partial charge in [0.15, 0.2) is 0 Å². The smallest absolute Gasteiger partial charge is 0.255 e. The molecule has 33 heavy (non-hydrogen) atoms. The lowest BCUT2D eigenvalue weighted by Gasteiger charge is -2.33. The van der Waals surface area contributed by atoms with Gasteiger partial charge in [-0.1, -0.05) is 44.2 Å². The first-order valence-corrected chi connectivity index (χ1v) is 11.4. The van der Waals surface area contributed by atoms with Crippen LogP contribution in [0.1, 0.15) is 24.2 Å². The molecule has 1 aromatic heterocycles. The molecule has 1 aliphatic rings. The van der Waals surface area contributed by atoms with Crippen molar-refractivity contribution in [3.8, 4) is 22.7 Å². The standard InChI is InChI=1S/C26H32N4O3/c1-19(2)16-29-12-13-33-23(17-29)15-27-26(31)24-18-30(21-9-5-4-6-10-21)28-25(24)20-8-7-11-22(14-20)32-3/h4-11,14,18-19,23H,12-13,15-17H2,1-3H3,(H,27,31). The Morgan fingerprint density at radius 3 is 2.79 bits per heavy atom. The minimum atomic E-state index is -0.167. The number of ether oxygens (including phenoxy) is 2. The van der Waals surface area contributed by atoms with Crippen LogP contribution in [0.5, 0.6) is 5.75 Å². The summed E-state index contributed by atoms with van der Waals surface area (Å²) in [6.45, 7) is 8.39. The Balaban J connectivity index is 1.55. The van der Waals surface area contributed by atoms with E-state index in [9.17, 15) is 4.79 Å². The highest BCUT2D eigenvalue weighted by Crippen LogP contribution is 2.27. The molecule has 0 aliphatic carbocycles. The molecule has 1 fully saturated rings. The molecule has 4 rings (SSSR count). The van der Waals surface area contributed by atoms with Gasteiger partial charge in [-0.05, 0) is 30.2 Å². The number of nitrogens with zero attached hydrogens (tertiary/aromatic N) is 3. The van der Waals surface area contributed by atoms with E-state index in [1.165, 1.54) is 0 Å². The SMILES string of the molecule is COc1cccc(-c2nn(-c3ccccc3)cc2C(=O)NCC2CN(CC(C)C)CCO2)c1. The third-order valence-electron chi connectivity index (χ3n) is 5.66. The van der Waals surface area contributed by atoms with Crippen LogP contribution in [0.15, 0.2) is 60.8 Å². The van der Waals surface area contributed by atoms with Crippen LogP contribution in [0.4, 0.5) is 0 Å². The van der Waals surface area contributed by atoms with Crippen molar-refractivity contribution in [2.45, 2.75) is 20.0 Å². The van der Waals surface area contributed by atoms with Crippen molar-refractivity contribution >= 4 is 5.91 Å². The van der Waals surface area contributed by atoms with Gasteiger partial charge in [0.2, 0.25) is 0 Å². The van der Waals surface area contributed by atoms with E-state index in [1.807, 2.05) is 54.6 Å². The first kappa shape index (κ1) is 23.0. The Hall–Kier alpha value is -3.16. The van der Waals surface area contributed by atoms with Gasteiger partial charge in [0.05, 0.1) is 31.1 Å². The summed E-state index contributed by atoms with van der Waals surface area (Å²) < 4.78 is 13.0. The van der Waals surface area contributed by atoms with Crippen LogP contribution in [0.25, 0.3) is 16.9 Å². The second-order valence-corrected chi connectivity index (χ2v) is 8.76. The van der Waals surface area contributed by atoms with Crippen molar-refractivity contribution in [3.05, 3.63) is 66.4 Å². The van der Waals surface area contributed by atoms with E-state index in [2.05, 4.69) is 24.1 Å². The number of carbonyl (C=O) groups is 1. The van der Waals surface area contributed by atoms with Crippen molar-refractivity contribution in [1.82, 2.24) is 20.0 Å². The molecule has 1 atom stereocenters. The fourth-order valence-electron chi connectivity index (χ4n) is 4.12.